The van der Waals surface area contributed by atoms with Gasteiger partial charge in [-0.15, -0.1) is 0 Å². The molecule has 2 aliphatic rings. The molecule has 2 rings (SSSR count). The molecule has 0 heterocycles. The fraction of sp³-hybridized carbons (Fsp3) is 1.00. The second-order valence-electron chi connectivity index (χ2n) is 7.40. The van der Waals surface area contributed by atoms with Gasteiger partial charge in [0.25, 0.3) is 0 Å². The van der Waals surface area contributed by atoms with E-state index < -0.39 is 0 Å². The lowest BCUT2D eigenvalue weighted by atomic mass is 9.77. The predicted molar refractivity (Wildman–Crippen MR) is 87.0 cm³/mol. The molecule has 0 aromatic rings. The van der Waals surface area contributed by atoms with Crippen molar-refractivity contribution in [2.75, 3.05) is 6.61 Å². The Bertz CT molecular complexity index is 236. The third kappa shape index (κ3) is 5.39. The fourth-order valence-electron chi connectivity index (χ4n) is 4.50. The Morgan fingerprint density at radius 3 is 2.30 bits per heavy atom. The van der Waals surface area contributed by atoms with Crippen LogP contribution in [0, 0.1) is 17.8 Å². The van der Waals surface area contributed by atoms with Gasteiger partial charge in [0.1, 0.15) is 0 Å². The summed E-state index contributed by atoms with van der Waals surface area (Å²) in [6.07, 6.45) is 18.0. The van der Waals surface area contributed by atoms with Crippen molar-refractivity contribution in [1.82, 2.24) is 0 Å². The zero-order valence-electron chi connectivity index (χ0n) is 13.9. The van der Waals surface area contributed by atoms with Crippen molar-refractivity contribution in [3.8, 4) is 0 Å². The van der Waals surface area contributed by atoms with Gasteiger partial charge < -0.3 is 4.74 Å². The molecule has 0 aromatic heterocycles. The maximum Gasteiger partial charge on any atom is 0.0575 e. The van der Waals surface area contributed by atoms with Crippen LogP contribution in [0.2, 0.25) is 0 Å². The smallest absolute Gasteiger partial charge is 0.0575 e. The third-order valence-corrected chi connectivity index (χ3v) is 5.92. The van der Waals surface area contributed by atoms with Gasteiger partial charge in [-0.25, -0.2) is 0 Å². The molecule has 0 spiro atoms. The van der Waals surface area contributed by atoms with E-state index in [0.29, 0.717) is 6.10 Å². The van der Waals surface area contributed by atoms with Crippen molar-refractivity contribution < 1.29 is 4.74 Å². The van der Waals surface area contributed by atoms with Crippen LogP contribution in [0.3, 0.4) is 0 Å². The second-order valence-corrected chi connectivity index (χ2v) is 7.40. The zero-order valence-corrected chi connectivity index (χ0v) is 13.9. The summed E-state index contributed by atoms with van der Waals surface area (Å²) < 4.78 is 5.77. The van der Waals surface area contributed by atoms with Gasteiger partial charge in [0.2, 0.25) is 0 Å². The first-order valence-corrected chi connectivity index (χ1v) is 9.41. The lowest BCUT2D eigenvalue weighted by Crippen LogP contribution is -2.25. The lowest BCUT2D eigenvalue weighted by molar-refractivity contribution is 0.0184. The monoisotopic (exact) mass is 280 g/mol. The topological polar surface area (TPSA) is 9.23 Å². The van der Waals surface area contributed by atoms with E-state index >= 15 is 0 Å². The molecule has 0 aliphatic heterocycles. The third-order valence-electron chi connectivity index (χ3n) is 5.92. The molecule has 1 atom stereocenters. The number of hydrogen-bond donors (Lipinski definition) is 0. The molecule has 20 heavy (non-hydrogen) atoms. The normalized spacial score (nSPS) is 30.3. The van der Waals surface area contributed by atoms with Crippen molar-refractivity contribution in [2.24, 2.45) is 17.8 Å². The predicted octanol–water partition coefficient (Wildman–Crippen LogP) is 5.97. The first-order chi connectivity index (χ1) is 9.79. The van der Waals surface area contributed by atoms with Crippen LogP contribution in [0.15, 0.2) is 0 Å². The van der Waals surface area contributed by atoms with E-state index in [-0.39, 0.29) is 0 Å². The van der Waals surface area contributed by atoms with Crippen LogP contribution in [0.5, 0.6) is 0 Å². The second kappa shape index (κ2) is 9.07. The summed E-state index contributed by atoms with van der Waals surface area (Å²) >= 11 is 0. The minimum Gasteiger partial charge on any atom is -0.379 e. The molecular weight excluding hydrogens is 244 g/mol. The van der Waals surface area contributed by atoms with Gasteiger partial charge in [0, 0.05) is 6.61 Å². The van der Waals surface area contributed by atoms with Crippen molar-refractivity contribution in [3.63, 3.8) is 0 Å². The first-order valence-electron chi connectivity index (χ1n) is 9.41. The average Bonchev–Trinajstić information content (AvgIpc) is 2.49. The van der Waals surface area contributed by atoms with Gasteiger partial charge >= 0.3 is 0 Å². The summed E-state index contributed by atoms with van der Waals surface area (Å²) in [6, 6.07) is 0. The van der Waals surface area contributed by atoms with Crippen molar-refractivity contribution >= 4 is 0 Å². The van der Waals surface area contributed by atoms with Gasteiger partial charge in [0.05, 0.1) is 6.10 Å². The highest BCUT2D eigenvalue weighted by atomic mass is 16.5. The van der Waals surface area contributed by atoms with Crippen LogP contribution in [0.1, 0.15) is 90.9 Å². The van der Waals surface area contributed by atoms with Crippen LogP contribution in [0.25, 0.3) is 0 Å². The maximum absolute atomic E-state index is 5.77. The highest BCUT2D eigenvalue weighted by Gasteiger charge is 2.25. The summed E-state index contributed by atoms with van der Waals surface area (Å²) in [6.45, 7) is 5.53. The number of ether oxygens (including phenoxy) is 1. The molecule has 2 aliphatic carbocycles. The Hall–Kier alpha value is -0.0400. The van der Waals surface area contributed by atoms with Gasteiger partial charge in [0.15, 0.2) is 0 Å². The minimum absolute atomic E-state index is 0.575. The SMILES string of the molecule is CCOC1CCC(C(C)CCCC2CCCCC2)CC1. The van der Waals surface area contributed by atoms with E-state index in [0.717, 1.165) is 24.4 Å². The highest BCUT2D eigenvalue weighted by Crippen LogP contribution is 2.35. The lowest BCUT2D eigenvalue weighted by Gasteiger charge is -2.32. The van der Waals surface area contributed by atoms with Crippen LogP contribution < -0.4 is 0 Å². The maximum atomic E-state index is 5.77. The zero-order chi connectivity index (χ0) is 14.2. The summed E-state index contributed by atoms with van der Waals surface area (Å²) in [5.74, 6) is 3.00. The Morgan fingerprint density at radius 1 is 0.950 bits per heavy atom. The van der Waals surface area contributed by atoms with E-state index in [2.05, 4.69) is 13.8 Å². The number of rotatable bonds is 7. The Balaban J connectivity index is 1.56. The van der Waals surface area contributed by atoms with Crippen LogP contribution in [0.4, 0.5) is 0 Å². The Morgan fingerprint density at radius 2 is 1.65 bits per heavy atom. The average molecular weight is 280 g/mol. The number of hydrogen-bond acceptors (Lipinski definition) is 1. The standard InChI is InChI=1S/C19H36O/c1-3-20-19-14-12-18(13-15-19)16(2)8-7-11-17-9-5-4-6-10-17/h16-19H,3-15H2,1-2H3. The summed E-state index contributed by atoms with van der Waals surface area (Å²) in [7, 11) is 0. The first kappa shape index (κ1) is 16.3. The molecule has 0 radical (unpaired) electrons. The minimum atomic E-state index is 0.575. The molecule has 1 heteroatoms. The summed E-state index contributed by atoms with van der Waals surface area (Å²) in [5.41, 5.74) is 0. The Kier molecular flexibility index (Phi) is 7.41. The van der Waals surface area contributed by atoms with E-state index in [1.807, 2.05) is 0 Å². The summed E-state index contributed by atoms with van der Waals surface area (Å²) in [4.78, 5) is 0. The van der Waals surface area contributed by atoms with Gasteiger partial charge in [-0.1, -0.05) is 58.3 Å². The molecule has 1 unspecified atom stereocenters. The van der Waals surface area contributed by atoms with Crippen LogP contribution in [-0.4, -0.2) is 12.7 Å². The van der Waals surface area contributed by atoms with Gasteiger partial charge in [-0.3, -0.25) is 0 Å². The van der Waals surface area contributed by atoms with Crippen molar-refractivity contribution in [1.29, 1.82) is 0 Å². The molecule has 0 bridgehead atoms. The van der Waals surface area contributed by atoms with Crippen LogP contribution >= 0.6 is 0 Å². The quantitative estimate of drug-likeness (QED) is 0.558. The van der Waals surface area contributed by atoms with Crippen molar-refractivity contribution in [2.45, 2.75) is 97.0 Å². The van der Waals surface area contributed by atoms with Gasteiger partial charge in [-0.2, -0.15) is 0 Å². The molecule has 2 saturated carbocycles. The molecule has 0 saturated heterocycles. The molecule has 0 amide bonds. The highest BCUT2D eigenvalue weighted by molar-refractivity contribution is 4.77. The van der Waals surface area contributed by atoms with E-state index in [9.17, 15) is 0 Å². The molecule has 0 aromatic carbocycles. The van der Waals surface area contributed by atoms with E-state index in [1.54, 1.807) is 0 Å². The molecule has 0 N–H and O–H groups in total. The fourth-order valence-corrected chi connectivity index (χ4v) is 4.50. The van der Waals surface area contributed by atoms with E-state index in [4.69, 9.17) is 4.74 Å². The summed E-state index contributed by atoms with van der Waals surface area (Å²) in [5, 5.41) is 0. The van der Waals surface area contributed by atoms with Crippen LogP contribution in [-0.2, 0) is 4.74 Å². The van der Waals surface area contributed by atoms with Gasteiger partial charge in [-0.05, 0) is 50.4 Å². The van der Waals surface area contributed by atoms with E-state index in [1.165, 1.54) is 77.0 Å². The molecule has 118 valence electrons. The molecular formula is C19H36O. The Labute approximate surface area is 126 Å². The molecule has 1 nitrogen and oxygen atoms in total. The van der Waals surface area contributed by atoms with Crippen molar-refractivity contribution in [3.05, 3.63) is 0 Å². The molecule has 2 fully saturated rings. The largest absolute Gasteiger partial charge is 0.379 e.